The fraction of sp³-hybridized carbons (Fsp3) is 0.333. The van der Waals surface area contributed by atoms with Crippen molar-refractivity contribution in [3.63, 3.8) is 0 Å². The first kappa shape index (κ1) is 14.5. The van der Waals surface area contributed by atoms with E-state index < -0.39 is 0 Å². The van der Waals surface area contributed by atoms with Crippen LogP contribution in [0.3, 0.4) is 0 Å². The van der Waals surface area contributed by atoms with Gasteiger partial charge in [-0.3, -0.25) is 0 Å². The molecule has 0 aliphatic heterocycles. The molecule has 0 radical (unpaired) electrons. The Morgan fingerprint density at radius 2 is 1.61 bits per heavy atom. The first-order chi connectivity index (χ1) is 8.86. The van der Waals surface area contributed by atoms with Crippen molar-refractivity contribution >= 4 is 6.08 Å². The van der Waals surface area contributed by atoms with E-state index in [1.54, 1.807) is 6.08 Å². The van der Waals surface area contributed by atoms with Crippen molar-refractivity contribution in [2.45, 2.75) is 32.1 Å². The zero-order valence-electron chi connectivity index (χ0n) is 11.2. The van der Waals surface area contributed by atoms with Gasteiger partial charge in [-0.05, 0) is 24.3 Å². The van der Waals surface area contributed by atoms with Gasteiger partial charge in [0.15, 0.2) is 0 Å². The minimum absolute atomic E-state index is 0.851. The smallest absolute Gasteiger partial charge is 0.0236 e. The average molecular weight is 240 g/mol. The Kier molecular flexibility index (Phi) is 7.63. The number of rotatable bonds is 3. The molecule has 0 saturated heterocycles. The van der Waals surface area contributed by atoms with Crippen LogP contribution in [0.15, 0.2) is 61.7 Å². The molecule has 0 heteroatoms. The predicted octanol–water partition coefficient (Wildman–Crippen LogP) is 5.64. The van der Waals surface area contributed by atoms with Gasteiger partial charge in [0.05, 0.1) is 0 Å². The minimum Gasteiger partial charge on any atom is -0.103 e. The van der Waals surface area contributed by atoms with Gasteiger partial charge >= 0.3 is 0 Å². The fourth-order valence-electron chi connectivity index (χ4n) is 2.11. The summed E-state index contributed by atoms with van der Waals surface area (Å²) in [5.74, 6) is 0.851. The Hall–Kier alpha value is -1.56. The van der Waals surface area contributed by atoms with Gasteiger partial charge in [-0.2, -0.15) is 0 Å². The van der Waals surface area contributed by atoms with E-state index in [2.05, 4.69) is 31.4 Å². The fourth-order valence-corrected chi connectivity index (χ4v) is 2.11. The number of hydrogen-bond acceptors (Lipinski definition) is 0. The second-order valence-corrected chi connectivity index (χ2v) is 4.64. The highest BCUT2D eigenvalue weighted by Crippen LogP contribution is 2.23. The maximum atomic E-state index is 3.78. The van der Waals surface area contributed by atoms with Crippen LogP contribution in [0.2, 0.25) is 0 Å². The molecule has 0 heterocycles. The summed E-state index contributed by atoms with van der Waals surface area (Å²) >= 11 is 0. The van der Waals surface area contributed by atoms with Gasteiger partial charge in [-0.25, -0.2) is 0 Å². The number of hydrogen-bond donors (Lipinski definition) is 0. The Morgan fingerprint density at radius 1 is 0.944 bits per heavy atom. The lowest BCUT2D eigenvalue weighted by Gasteiger charge is -2.16. The van der Waals surface area contributed by atoms with Crippen molar-refractivity contribution in [1.29, 1.82) is 0 Å². The number of allylic oxidation sites excluding steroid dienone is 3. The third-order valence-electron chi connectivity index (χ3n) is 3.21. The van der Waals surface area contributed by atoms with Gasteiger partial charge in [0, 0.05) is 0 Å². The topological polar surface area (TPSA) is 0 Å². The molecule has 96 valence electrons. The van der Waals surface area contributed by atoms with Crippen LogP contribution in [-0.2, 0) is 0 Å². The normalized spacial score (nSPS) is 15.8. The van der Waals surface area contributed by atoms with Gasteiger partial charge in [0.1, 0.15) is 0 Å². The van der Waals surface area contributed by atoms with Crippen molar-refractivity contribution in [1.82, 2.24) is 0 Å². The second-order valence-electron chi connectivity index (χ2n) is 4.64. The van der Waals surface area contributed by atoms with Crippen molar-refractivity contribution < 1.29 is 0 Å². The summed E-state index contributed by atoms with van der Waals surface area (Å²) in [6.07, 6.45) is 14.9. The number of benzene rings is 1. The van der Waals surface area contributed by atoms with E-state index in [0.29, 0.717) is 0 Å². The molecule has 0 spiro atoms. The first-order valence-corrected chi connectivity index (χ1v) is 6.83. The molecule has 0 atom stereocenters. The van der Waals surface area contributed by atoms with Crippen LogP contribution in [0.25, 0.3) is 6.08 Å². The summed E-state index contributed by atoms with van der Waals surface area (Å²) in [6, 6.07) is 10.1. The Balaban J connectivity index is 0.000000184. The van der Waals surface area contributed by atoms with Gasteiger partial charge in [0.2, 0.25) is 0 Å². The summed E-state index contributed by atoms with van der Waals surface area (Å²) in [5.41, 5.74) is 1.21. The van der Waals surface area contributed by atoms with E-state index >= 15 is 0 Å². The lowest BCUT2D eigenvalue weighted by Crippen LogP contribution is -2.01. The van der Waals surface area contributed by atoms with Crippen molar-refractivity contribution in [2.24, 2.45) is 5.92 Å². The van der Waals surface area contributed by atoms with Crippen LogP contribution in [0.5, 0.6) is 0 Å². The van der Waals surface area contributed by atoms with Crippen LogP contribution >= 0.6 is 0 Å². The van der Waals surface area contributed by atoms with Crippen LogP contribution in [0, 0.1) is 5.92 Å². The summed E-state index contributed by atoms with van der Waals surface area (Å²) < 4.78 is 0. The average Bonchev–Trinajstić information content (AvgIpc) is 2.48. The maximum absolute atomic E-state index is 3.78. The molecule has 0 unspecified atom stereocenters. The predicted molar refractivity (Wildman–Crippen MR) is 82.4 cm³/mol. The molecule has 0 nitrogen and oxygen atoms in total. The molecule has 0 bridgehead atoms. The van der Waals surface area contributed by atoms with E-state index in [9.17, 15) is 0 Å². The van der Waals surface area contributed by atoms with E-state index in [1.807, 2.05) is 30.4 Å². The molecule has 1 saturated carbocycles. The molecule has 18 heavy (non-hydrogen) atoms. The van der Waals surface area contributed by atoms with Gasteiger partial charge in [-0.1, -0.05) is 80.5 Å². The standard InChI is InChI=1S/C10H10.C8H14/c1-2-3-7-10-8-5-4-6-9-10;1-2-8-6-4-3-5-7-8/h2-9H,1H2;2,8H,1,3-7H2. The second kappa shape index (κ2) is 9.47. The lowest BCUT2D eigenvalue weighted by atomic mass is 9.90. The third-order valence-corrected chi connectivity index (χ3v) is 3.21. The van der Waals surface area contributed by atoms with Crippen LogP contribution < -0.4 is 0 Å². The molecule has 2 rings (SSSR count). The molecular formula is C18H24. The minimum atomic E-state index is 0.851. The highest BCUT2D eigenvalue weighted by atomic mass is 14.1. The zero-order valence-corrected chi connectivity index (χ0v) is 11.2. The van der Waals surface area contributed by atoms with Crippen molar-refractivity contribution in [3.8, 4) is 0 Å². The van der Waals surface area contributed by atoms with E-state index in [4.69, 9.17) is 0 Å². The van der Waals surface area contributed by atoms with Gasteiger partial charge < -0.3 is 0 Å². The molecular weight excluding hydrogens is 216 g/mol. The molecule has 0 aromatic heterocycles. The third kappa shape index (κ3) is 6.24. The SMILES string of the molecule is C=CC1CCCCC1.C=CC=Cc1ccccc1. The van der Waals surface area contributed by atoms with Crippen LogP contribution in [0.4, 0.5) is 0 Å². The summed E-state index contributed by atoms with van der Waals surface area (Å²) in [5, 5.41) is 0. The maximum Gasteiger partial charge on any atom is -0.0236 e. The van der Waals surface area contributed by atoms with Crippen molar-refractivity contribution in [2.75, 3.05) is 0 Å². The Morgan fingerprint density at radius 3 is 2.11 bits per heavy atom. The highest BCUT2D eigenvalue weighted by molar-refractivity contribution is 5.50. The largest absolute Gasteiger partial charge is 0.103 e. The molecule has 0 N–H and O–H groups in total. The molecule has 1 aromatic rings. The van der Waals surface area contributed by atoms with Crippen LogP contribution in [-0.4, -0.2) is 0 Å². The lowest BCUT2D eigenvalue weighted by molar-refractivity contribution is 0.420. The first-order valence-electron chi connectivity index (χ1n) is 6.83. The molecule has 1 aliphatic rings. The van der Waals surface area contributed by atoms with Gasteiger partial charge in [-0.15, -0.1) is 6.58 Å². The Bertz CT molecular complexity index is 353. The molecule has 0 amide bonds. The molecule has 1 aliphatic carbocycles. The summed E-state index contributed by atoms with van der Waals surface area (Å²) in [6.45, 7) is 7.37. The zero-order chi connectivity index (χ0) is 13.1. The van der Waals surface area contributed by atoms with E-state index in [-0.39, 0.29) is 0 Å². The summed E-state index contributed by atoms with van der Waals surface area (Å²) in [4.78, 5) is 0. The van der Waals surface area contributed by atoms with Crippen LogP contribution in [0.1, 0.15) is 37.7 Å². The van der Waals surface area contributed by atoms with Gasteiger partial charge in [0.25, 0.3) is 0 Å². The van der Waals surface area contributed by atoms with E-state index in [0.717, 1.165) is 5.92 Å². The monoisotopic (exact) mass is 240 g/mol. The Labute approximate surface area is 112 Å². The molecule has 1 aromatic carbocycles. The highest BCUT2D eigenvalue weighted by Gasteiger charge is 2.07. The summed E-state index contributed by atoms with van der Waals surface area (Å²) in [7, 11) is 0. The molecule has 1 fully saturated rings. The quantitative estimate of drug-likeness (QED) is 0.474. The van der Waals surface area contributed by atoms with E-state index in [1.165, 1.54) is 37.7 Å². The van der Waals surface area contributed by atoms with Crippen molar-refractivity contribution in [3.05, 3.63) is 67.3 Å².